The van der Waals surface area contributed by atoms with Crippen molar-refractivity contribution in [2.75, 3.05) is 6.61 Å². The minimum Gasteiger partial charge on any atom is -0.466 e. The molecule has 0 saturated heterocycles. The molecule has 3 nitrogen and oxygen atoms in total. The number of carbonyl (C=O) groups excluding carboxylic acids is 2. The van der Waals surface area contributed by atoms with Gasteiger partial charge in [0.05, 0.1) is 6.61 Å². The van der Waals surface area contributed by atoms with Crippen molar-refractivity contribution in [3.05, 3.63) is 69.7 Å². The number of hydrogen-bond donors (Lipinski definition) is 0. The fraction of sp³-hybridized carbons (Fsp3) is 0.462. The molecule has 0 spiro atoms. The standard InChI is InChI=1S/C26H33BrO3/c1-2-30-26(29)10-8-6-4-3-5-7-9-21-11-13-22(14-12-21)19-25(28)20-23-15-17-24(27)18-16-23/h11-18H,2-10,19-20H2,1H3. The summed E-state index contributed by atoms with van der Waals surface area (Å²) in [4.78, 5) is 23.6. The van der Waals surface area contributed by atoms with Gasteiger partial charge in [-0.2, -0.15) is 0 Å². The van der Waals surface area contributed by atoms with Crippen LogP contribution in [0.4, 0.5) is 0 Å². The molecule has 0 radical (unpaired) electrons. The summed E-state index contributed by atoms with van der Waals surface area (Å²) in [5.74, 6) is 0.170. The minimum absolute atomic E-state index is 0.0732. The van der Waals surface area contributed by atoms with E-state index in [0.29, 0.717) is 25.9 Å². The first-order chi connectivity index (χ1) is 14.6. The van der Waals surface area contributed by atoms with Crippen LogP contribution in [-0.4, -0.2) is 18.4 Å². The van der Waals surface area contributed by atoms with E-state index in [1.54, 1.807) is 0 Å². The van der Waals surface area contributed by atoms with Crippen molar-refractivity contribution < 1.29 is 14.3 Å². The van der Waals surface area contributed by atoms with E-state index in [0.717, 1.165) is 34.9 Å². The van der Waals surface area contributed by atoms with Gasteiger partial charge in [0.1, 0.15) is 5.78 Å². The van der Waals surface area contributed by atoms with Crippen molar-refractivity contribution >= 4 is 27.7 Å². The lowest BCUT2D eigenvalue weighted by atomic mass is 10.00. The second-order valence-corrected chi connectivity index (χ2v) is 8.68. The van der Waals surface area contributed by atoms with E-state index in [1.807, 2.05) is 31.2 Å². The van der Waals surface area contributed by atoms with Crippen LogP contribution in [0.3, 0.4) is 0 Å². The molecule has 0 atom stereocenters. The Balaban J connectivity index is 1.57. The van der Waals surface area contributed by atoms with Crippen molar-refractivity contribution in [2.45, 2.75) is 71.1 Å². The lowest BCUT2D eigenvalue weighted by molar-refractivity contribution is -0.143. The van der Waals surface area contributed by atoms with Crippen LogP contribution in [0.2, 0.25) is 0 Å². The average Bonchev–Trinajstić information content (AvgIpc) is 2.73. The van der Waals surface area contributed by atoms with Gasteiger partial charge < -0.3 is 4.74 Å². The zero-order chi connectivity index (χ0) is 21.6. The number of hydrogen-bond acceptors (Lipinski definition) is 3. The maximum absolute atomic E-state index is 12.3. The fourth-order valence-electron chi connectivity index (χ4n) is 3.48. The normalized spacial score (nSPS) is 10.7. The molecule has 0 aliphatic carbocycles. The summed E-state index contributed by atoms with van der Waals surface area (Å²) in [6.07, 6.45) is 9.41. The number of aryl methyl sites for hydroxylation is 1. The Hall–Kier alpha value is -1.94. The Morgan fingerprint density at radius 3 is 1.83 bits per heavy atom. The summed E-state index contributed by atoms with van der Waals surface area (Å²) in [5, 5.41) is 0. The smallest absolute Gasteiger partial charge is 0.305 e. The van der Waals surface area contributed by atoms with Crippen LogP contribution in [-0.2, 0) is 33.6 Å². The number of Topliss-reactive ketones (excluding diaryl/α,β-unsaturated/α-hetero) is 1. The van der Waals surface area contributed by atoms with Crippen LogP contribution >= 0.6 is 15.9 Å². The molecule has 2 aromatic rings. The maximum atomic E-state index is 12.3. The van der Waals surface area contributed by atoms with E-state index in [2.05, 4.69) is 40.2 Å². The van der Waals surface area contributed by atoms with Gasteiger partial charge in [-0.3, -0.25) is 9.59 Å². The molecular weight excluding hydrogens is 440 g/mol. The lowest BCUT2D eigenvalue weighted by Gasteiger charge is -2.06. The summed E-state index contributed by atoms with van der Waals surface area (Å²) in [6, 6.07) is 16.4. The molecular formula is C26H33BrO3. The molecule has 2 rings (SSSR count). The molecule has 2 aromatic carbocycles. The number of esters is 1. The largest absolute Gasteiger partial charge is 0.466 e. The Kier molecular flexibility index (Phi) is 11.5. The molecule has 0 fully saturated rings. The second kappa shape index (κ2) is 14.1. The first-order valence-corrected chi connectivity index (χ1v) is 11.9. The predicted octanol–water partition coefficient (Wildman–Crippen LogP) is 6.64. The maximum Gasteiger partial charge on any atom is 0.305 e. The van der Waals surface area contributed by atoms with Gasteiger partial charge in [-0.1, -0.05) is 78.0 Å². The van der Waals surface area contributed by atoms with Crippen LogP contribution in [0.25, 0.3) is 0 Å². The SMILES string of the molecule is CCOC(=O)CCCCCCCCc1ccc(CC(=O)Cc2ccc(Br)cc2)cc1. The number of unbranched alkanes of at least 4 members (excludes halogenated alkanes) is 5. The predicted molar refractivity (Wildman–Crippen MR) is 126 cm³/mol. The highest BCUT2D eigenvalue weighted by atomic mass is 79.9. The molecule has 4 heteroatoms. The highest BCUT2D eigenvalue weighted by molar-refractivity contribution is 9.10. The van der Waals surface area contributed by atoms with E-state index in [-0.39, 0.29) is 11.8 Å². The number of benzene rings is 2. The first kappa shape index (κ1) is 24.3. The van der Waals surface area contributed by atoms with Crippen molar-refractivity contribution in [1.29, 1.82) is 0 Å². The molecule has 0 bridgehead atoms. The molecule has 0 aromatic heterocycles. The third-order valence-electron chi connectivity index (χ3n) is 5.14. The summed E-state index contributed by atoms with van der Waals surface area (Å²) >= 11 is 3.42. The molecule has 0 heterocycles. The van der Waals surface area contributed by atoms with Crippen LogP contribution in [0, 0.1) is 0 Å². The van der Waals surface area contributed by atoms with Gasteiger partial charge in [0.2, 0.25) is 0 Å². The number of rotatable bonds is 14. The summed E-state index contributed by atoms with van der Waals surface area (Å²) in [5.41, 5.74) is 3.48. The molecule has 0 unspecified atom stereocenters. The molecule has 0 N–H and O–H groups in total. The number of carbonyl (C=O) groups is 2. The summed E-state index contributed by atoms with van der Waals surface area (Å²) in [6.45, 7) is 2.32. The Morgan fingerprint density at radius 1 is 0.733 bits per heavy atom. The highest BCUT2D eigenvalue weighted by Gasteiger charge is 2.06. The summed E-state index contributed by atoms with van der Waals surface area (Å²) < 4.78 is 5.97. The number of ketones is 1. The first-order valence-electron chi connectivity index (χ1n) is 11.1. The molecule has 0 aliphatic heterocycles. The quantitative estimate of drug-likeness (QED) is 0.228. The van der Waals surface area contributed by atoms with E-state index in [9.17, 15) is 9.59 Å². The van der Waals surface area contributed by atoms with Gasteiger partial charge in [0, 0.05) is 23.7 Å². The molecule has 0 amide bonds. The van der Waals surface area contributed by atoms with Crippen LogP contribution in [0.5, 0.6) is 0 Å². The summed E-state index contributed by atoms with van der Waals surface area (Å²) in [7, 11) is 0. The Labute approximate surface area is 189 Å². The Morgan fingerprint density at radius 2 is 1.23 bits per heavy atom. The zero-order valence-electron chi connectivity index (χ0n) is 18.0. The highest BCUT2D eigenvalue weighted by Crippen LogP contribution is 2.14. The number of halogens is 1. The van der Waals surface area contributed by atoms with E-state index in [4.69, 9.17) is 4.74 Å². The monoisotopic (exact) mass is 472 g/mol. The Bertz CT molecular complexity index is 766. The zero-order valence-corrected chi connectivity index (χ0v) is 19.6. The molecule has 30 heavy (non-hydrogen) atoms. The van der Waals surface area contributed by atoms with E-state index < -0.39 is 0 Å². The molecule has 162 valence electrons. The van der Waals surface area contributed by atoms with Crippen LogP contribution in [0.1, 0.15) is 68.6 Å². The van der Waals surface area contributed by atoms with Gasteiger partial charge >= 0.3 is 5.97 Å². The minimum atomic E-state index is -0.0732. The van der Waals surface area contributed by atoms with Crippen LogP contribution in [0.15, 0.2) is 53.0 Å². The van der Waals surface area contributed by atoms with Gasteiger partial charge in [-0.25, -0.2) is 0 Å². The number of ether oxygens (including phenoxy) is 1. The van der Waals surface area contributed by atoms with Gasteiger partial charge in [-0.15, -0.1) is 0 Å². The van der Waals surface area contributed by atoms with Crippen molar-refractivity contribution in [3.63, 3.8) is 0 Å². The van der Waals surface area contributed by atoms with Crippen molar-refractivity contribution in [2.24, 2.45) is 0 Å². The van der Waals surface area contributed by atoms with Gasteiger partial charge in [0.25, 0.3) is 0 Å². The van der Waals surface area contributed by atoms with Crippen molar-refractivity contribution in [1.82, 2.24) is 0 Å². The third-order valence-corrected chi connectivity index (χ3v) is 5.67. The van der Waals surface area contributed by atoms with Crippen molar-refractivity contribution in [3.8, 4) is 0 Å². The third kappa shape index (κ3) is 10.2. The van der Waals surface area contributed by atoms with Gasteiger partial charge in [-0.05, 0) is 55.0 Å². The van der Waals surface area contributed by atoms with E-state index in [1.165, 1.54) is 31.2 Å². The lowest BCUT2D eigenvalue weighted by Crippen LogP contribution is -2.06. The average molecular weight is 473 g/mol. The second-order valence-electron chi connectivity index (χ2n) is 7.76. The topological polar surface area (TPSA) is 43.4 Å². The van der Waals surface area contributed by atoms with E-state index >= 15 is 0 Å². The molecule has 0 aliphatic rings. The van der Waals surface area contributed by atoms with Gasteiger partial charge in [0.15, 0.2) is 0 Å². The fourth-order valence-corrected chi connectivity index (χ4v) is 3.75. The molecule has 0 saturated carbocycles. The van der Waals surface area contributed by atoms with Crippen LogP contribution < -0.4 is 0 Å².